The Morgan fingerprint density at radius 2 is 2.06 bits per heavy atom. The van der Waals surface area contributed by atoms with E-state index in [0.717, 1.165) is 0 Å². The molecule has 0 aromatic carbocycles. The third-order valence-electron chi connectivity index (χ3n) is 3.07. The van der Waals surface area contributed by atoms with Crippen molar-refractivity contribution in [3.63, 3.8) is 0 Å². The first-order valence-electron chi connectivity index (χ1n) is 6.52. The number of rotatable bonds is 8. The Hall–Kier alpha value is -0.760. The highest BCUT2D eigenvalue weighted by atomic mass is 16.3. The number of nitrogens with one attached hydrogen (secondary N) is 1. The van der Waals surface area contributed by atoms with Gasteiger partial charge >= 0.3 is 0 Å². The Bertz CT molecular complexity index is 256. The van der Waals surface area contributed by atoms with E-state index in [-0.39, 0.29) is 0 Å². The van der Waals surface area contributed by atoms with Crippen molar-refractivity contribution in [2.45, 2.75) is 65.0 Å². The van der Waals surface area contributed by atoms with Crippen LogP contribution in [-0.2, 0) is 0 Å². The summed E-state index contributed by atoms with van der Waals surface area (Å²) in [5.41, 5.74) is 1.24. The highest BCUT2D eigenvalue weighted by molar-refractivity contribution is 5.10. The quantitative estimate of drug-likeness (QED) is 0.665. The summed E-state index contributed by atoms with van der Waals surface area (Å²) in [6.45, 7) is 6.71. The average Bonchev–Trinajstić information content (AvgIpc) is 2.77. The van der Waals surface area contributed by atoms with Gasteiger partial charge in [-0.25, -0.2) is 0 Å². The summed E-state index contributed by atoms with van der Waals surface area (Å²) in [6, 6.07) is 3.00. The third-order valence-corrected chi connectivity index (χ3v) is 3.07. The first kappa shape index (κ1) is 13.3. The number of furan rings is 1. The molecule has 0 aliphatic heterocycles. The molecule has 0 aliphatic carbocycles. The Morgan fingerprint density at radius 1 is 1.25 bits per heavy atom. The Labute approximate surface area is 99.4 Å². The summed E-state index contributed by atoms with van der Waals surface area (Å²) in [5.74, 6) is 0. The maximum Gasteiger partial charge on any atom is 0.0950 e. The highest BCUT2D eigenvalue weighted by Crippen LogP contribution is 2.14. The molecule has 0 spiro atoms. The molecular weight excluding hydrogens is 198 g/mol. The van der Waals surface area contributed by atoms with Gasteiger partial charge < -0.3 is 9.73 Å². The van der Waals surface area contributed by atoms with Crippen LogP contribution in [0.2, 0.25) is 0 Å². The van der Waals surface area contributed by atoms with Crippen LogP contribution in [0.25, 0.3) is 0 Å². The highest BCUT2D eigenvalue weighted by Gasteiger charge is 2.09. The molecule has 1 rings (SSSR count). The van der Waals surface area contributed by atoms with Gasteiger partial charge in [-0.05, 0) is 26.3 Å². The summed E-state index contributed by atoms with van der Waals surface area (Å²) in [5, 5.41) is 3.60. The van der Waals surface area contributed by atoms with Crippen LogP contribution in [0.5, 0.6) is 0 Å². The lowest BCUT2D eigenvalue weighted by molar-refractivity contribution is 0.435. The third kappa shape index (κ3) is 4.84. The molecule has 2 atom stereocenters. The van der Waals surface area contributed by atoms with Crippen molar-refractivity contribution in [3.05, 3.63) is 24.2 Å². The Balaban J connectivity index is 2.16. The van der Waals surface area contributed by atoms with Gasteiger partial charge in [-0.15, -0.1) is 0 Å². The summed E-state index contributed by atoms with van der Waals surface area (Å²) >= 11 is 0. The maximum atomic E-state index is 5.09. The summed E-state index contributed by atoms with van der Waals surface area (Å²) in [4.78, 5) is 0. The van der Waals surface area contributed by atoms with Crippen LogP contribution in [0.3, 0.4) is 0 Å². The minimum absolute atomic E-state index is 0.389. The second-order valence-electron chi connectivity index (χ2n) is 4.70. The fraction of sp³-hybridized carbons (Fsp3) is 0.714. The molecule has 0 fully saturated rings. The lowest BCUT2D eigenvalue weighted by atomic mass is 10.1. The van der Waals surface area contributed by atoms with Gasteiger partial charge in [-0.1, -0.05) is 32.6 Å². The zero-order valence-electron chi connectivity index (χ0n) is 10.8. The SMILES string of the molecule is CCCCCCC(C)NC(C)c1ccoc1. The minimum Gasteiger partial charge on any atom is -0.472 e. The second-order valence-corrected chi connectivity index (χ2v) is 4.70. The van der Waals surface area contributed by atoms with Crippen molar-refractivity contribution >= 4 is 0 Å². The normalized spacial score (nSPS) is 14.9. The van der Waals surface area contributed by atoms with Gasteiger partial charge in [-0.2, -0.15) is 0 Å². The van der Waals surface area contributed by atoms with Crippen LogP contribution in [0.1, 0.15) is 64.5 Å². The molecule has 0 saturated heterocycles. The Morgan fingerprint density at radius 3 is 2.69 bits per heavy atom. The van der Waals surface area contributed by atoms with E-state index >= 15 is 0 Å². The van der Waals surface area contributed by atoms with Crippen molar-refractivity contribution in [3.8, 4) is 0 Å². The molecule has 1 heterocycles. The summed E-state index contributed by atoms with van der Waals surface area (Å²) in [6.07, 6.45) is 10.2. The number of hydrogen-bond donors (Lipinski definition) is 1. The van der Waals surface area contributed by atoms with Crippen molar-refractivity contribution in [2.24, 2.45) is 0 Å². The van der Waals surface area contributed by atoms with Gasteiger partial charge in [0.05, 0.1) is 12.5 Å². The van der Waals surface area contributed by atoms with Crippen LogP contribution in [-0.4, -0.2) is 6.04 Å². The average molecular weight is 223 g/mol. The standard InChI is InChI=1S/C14H25NO/c1-4-5-6-7-8-12(2)15-13(3)14-9-10-16-11-14/h9-13,15H,4-8H2,1-3H3. The maximum absolute atomic E-state index is 5.09. The fourth-order valence-corrected chi connectivity index (χ4v) is 2.01. The lowest BCUT2D eigenvalue weighted by Crippen LogP contribution is -2.28. The van der Waals surface area contributed by atoms with Crippen molar-refractivity contribution in [1.82, 2.24) is 5.32 Å². The smallest absolute Gasteiger partial charge is 0.0950 e. The van der Waals surface area contributed by atoms with Gasteiger partial charge in [0.15, 0.2) is 0 Å². The lowest BCUT2D eigenvalue weighted by Gasteiger charge is -2.18. The first-order chi connectivity index (χ1) is 7.74. The minimum atomic E-state index is 0.389. The molecule has 16 heavy (non-hydrogen) atoms. The van der Waals surface area contributed by atoms with Gasteiger partial charge in [0, 0.05) is 17.6 Å². The van der Waals surface area contributed by atoms with E-state index in [9.17, 15) is 0 Å². The van der Waals surface area contributed by atoms with Crippen molar-refractivity contribution in [1.29, 1.82) is 0 Å². The van der Waals surface area contributed by atoms with Crippen molar-refractivity contribution < 1.29 is 4.42 Å². The zero-order chi connectivity index (χ0) is 11.8. The van der Waals surface area contributed by atoms with Crippen LogP contribution in [0.15, 0.2) is 23.0 Å². The number of hydrogen-bond acceptors (Lipinski definition) is 2. The predicted octanol–water partition coefficient (Wildman–Crippen LogP) is 4.29. The molecule has 1 aromatic heterocycles. The van der Waals surface area contributed by atoms with E-state index in [2.05, 4.69) is 26.1 Å². The van der Waals surface area contributed by atoms with Crippen LogP contribution >= 0.6 is 0 Å². The van der Waals surface area contributed by atoms with E-state index in [4.69, 9.17) is 4.42 Å². The van der Waals surface area contributed by atoms with E-state index in [1.54, 1.807) is 6.26 Å². The van der Waals surface area contributed by atoms with Gasteiger partial charge in [0.25, 0.3) is 0 Å². The fourth-order valence-electron chi connectivity index (χ4n) is 2.01. The Kier molecular flexibility index (Phi) is 6.24. The van der Waals surface area contributed by atoms with Crippen LogP contribution in [0, 0.1) is 0 Å². The summed E-state index contributed by atoms with van der Waals surface area (Å²) < 4.78 is 5.09. The second kappa shape index (κ2) is 7.50. The van der Waals surface area contributed by atoms with Crippen LogP contribution in [0.4, 0.5) is 0 Å². The van der Waals surface area contributed by atoms with E-state index in [1.165, 1.54) is 37.7 Å². The van der Waals surface area contributed by atoms with Gasteiger partial charge in [0.2, 0.25) is 0 Å². The molecule has 0 aliphatic rings. The summed E-state index contributed by atoms with van der Waals surface area (Å²) in [7, 11) is 0. The molecule has 92 valence electrons. The number of unbranched alkanes of at least 4 members (excludes halogenated alkanes) is 3. The molecule has 2 nitrogen and oxygen atoms in total. The molecule has 2 unspecified atom stereocenters. The van der Waals surface area contributed by atoms with E-state index in [1.807, 2.05) is 12.3 Å². The van der Waals surface area contributed by atoms with Crippen molar-refractivity contribution in [2.75, 3.05) is 0 Å². The molecule has 0 bridgehead atoms. The van der Waals surface area contributed by atoms with E-state index < -0.39 is 0 Å². The molecular formula is C14H25NO. The predicted molar refractivity (Wildman–Crippen MR) is 68.5 cm³/mol. The van der Waals surface area contributed by atoms with Gasteiger partial charge in [-0.3, -0.25) is 0 Å². The van der Waals surface area contributed by atoms with Gasteiger partial charge in [0.1, 0.15) is 0 Å². The molecule has 2 heteroatoms. The first-order valence-corrected chi connectivity index (χ1v) is 6.52. The topological polar surface area (TPSA) is 25.2 Å². The van der Waals surface area contributed by atoms with E-state index in [0.29, 0.717) is 12.1 Å². The largest absolute Gasteiger partial charge is 0.472 e. The molecule has 1 N–H and O–H groups in total. The molecule has 0 amide bonds. The molecule has 0 saturated carbocycles. The van der Waals surface area contributed by atoms with Crippen LogP contribution < -0.4 is 5.32 Å². The zero-order valence-corrected chi connectivity index (χ0v) is 10.8. The molecule has 1 aromatic rings. The molecule has 0 radical (unpaired) electrons. The monoisotopic (exact) mass is 223 g/mol.